The lowest BCUT2D eigenvalue weighted by Gasteiger charge is -2.13. The van der Waals surface area contributed by atoms with Crippen molar-refractivity contribution in [2.75, 3.05) is 7.11 Å². The number of nitrogens with zero attached hydrogens (tertiary/aromatic N) is 2. The number of aliphatic imine (C=N–C) groups is 1. The molecule has 1 heterocycles. The summed E-state index contributed by atoms with van der Waals surface area (Å²) >= 11 is 7.15. The number of halogens is 1. The molecule has 1 saturated heterocycles. The summed E-state index contributed by atoms with van der Waals surface area (Å²) in [5.41, 5.74) is 1.05. The summed E-state index contributed by atoms with van der Waals surface area (Å²) in [4.78, 5) is 27.2. The van der Waals surface area contributed by atoms with Crippen LogP contribution in [0.25, 0.3) is 6.08 Å². The van der Waals surface area contributed by atoms with Crippen LogP contribution in [0, 0.1) is 17.0 Å². The Balaban J connectivity index is 1.95. The van der Waals surface area contributed by atoms with Crippen LogP contribution in [0.15, 0.2) is 40.2 Å². The maximum Gasteiger partial charge on any atom is 0.266 e. The number of benzene rings is 2. The van der Waals surface area contributed by atoms with E-state index in [2.05, 4.69) is 10.3 Å². The van der Waals surface area contributed by atoms with Gasteiger partial charge in [0.25, 0.3) is 11.6 Å². The van der Waals surface area contributed by atoms with Gasteiger partial charge in [-0.2, -0.15) is 0 Å². The Morgan fingerprint density at radius 1 is 1.36 bits per heavy atom. The summed E-state index contributed by atoms with van der Waals surface area (Å²) in [7, 11) is 1.24. The van der Waals surface area contributed by atoms with E-state index in [-0.39, 0.29) is 10.7 Å². The number of nitro groups is 1. The molecule has 0 radical (unpaired) electrons. The number of thioether (sulfide) groups is 1. The van der Waals surface area contributed by atoms with E-state index in [1.54, 1.807) is 18.2 Å². The third kappa shape index (κ3) is 3.95. The number of hydrogen-bond donors (Lipinski definition) is 1. The van der Waals surface area contributed by atoms with Gasteiger partial charge < -0.3 is 15.2 Å². The van der Waals surface area contributed by atoms with Crippen LogP contribution >= 0.6 is 23.4 Å². The molecule has 28 heavy (non-hydrogen) atoms. The van der Waals surface area contributed by atoms with Gasteiger partial charge in [0.2, 0.25) is 0 Å². The van der Waals surface area contributed by atoms with Crippen LogP contribution < -0.4 is 15.2 Å². The number of carbonyl (C=O) groups is 1. The number of methoxy groups -OCH3 is 1. The van der Waals surface area contributed by atoms with Gasteiger partial charge in [0.1, 0.15) is 5.75 Å². The zero-order valence-electron chi connectivity index (χ0n) is 14.7. The number of nitro benzene ring substituents is 1. The fraction of sp³-hybridized carbons (Fsp3) is 0.111. The van der Waals surface area contributed by atoms with Crippen molar-refractivity contribution in [1.29, 1.82) is 0 Å². The zero-order valence-corrected chi connectivity index (χ0v) is 16.3. The molecule has 1 aliphatic rings. The predicted octanol–water partition coefficient (Wildman–Crippen LogP) is 3.53. The first-order chi connectivity index (χ1) is 13.3. The molecule has 2 aromatic carbocycles. The highest BCUT2D eigenvalue weighted by Crippen LogP contribution is 2.37. The van der Waals surface area contributed by atoms with E-state index in [1.807, 2.05) is 6.92 Å². The number of ether oxygens (including phenoxy) is 1. The fourth-order valence-electron chi connectivity index (χ4n) is 2.44. The van der Waals surface area contributed by atoms with E-state index < -0.39 is 22.3 Å². The van der Waals surface area contributed by atoms with Crippen LogP contribution in [0.3, 0.4) is 0 Å². The van der Waals surface area contributed by atoms with Crippen LogP contribution in [0.1, 0.15) is 11.1 Å². The molecule has 0 saturated carbocycles. The van der Waals surface area contributed by atoms with Crippen LogP contribution in [0.5, 0.6) is 11.5 Å². The van der Waals surface area contributed by atoms with E-state index in [9.17, 15) is 20.0 Å². The summed E-state index contributed by atoms with van der Waals surface area (Å²) in [6.45, 7) is 1.82. The second-order valence-corrected chi connectivity index (χ2v) is 7.13. The molecule has 0 atom stereocenters. The Bertz CT molecular complexity index is 1050. The van der Waals surface area contributed by atoms with E-state index >= 15 is 0 Å². The molecule has 1 aliphatic heterocycles. The van der Waals surface area contributed by atoms with E-state index in [0.29, 0.717) is 21.4 Å². The number of hydrogen-bond acceptors (Lipinski definition) is 7. The molecule has 144 valence electrons. The predicted molar refractivity (Wildman–Crippen MR) is 106 cm³/mol. The van der Waals surface area contributed by atoms with Crippen LogP contribution in [-0.2, 0) is 4.79 Å². The molecule has 0 bridgehead atoms. The first kappa shape index (κ1) is 19.7. The van der Waals surface area contributed by atoms with E-state index in [0.717, 1.165) is 23.4 Å². The molecule has 10 heteroatoms. The second-order valence-electron chi connectivity index (χ2n) is 5.69. The van der Waals surface area contributed by atoms with E-state index in [1.165, 1.54) is 19.3 Å². The Morgan fingerprint density at radius 2 is 2.11 bits per heavy atom. The van der Waals surface area contributed by atoms with Gasteiger partial charge in [0, 0.05) is 16.8 Å². The smallest absolute Gasteiger partial charge is 0.266 e. The van der Waals surface area contributed by atoms with Gasteiger partial charge >= 0.3 is 0 Å². The maximum atomic E-state index is 12.2. The Hall–Kier alpha value is -3.04. The molecule has 2 aromatic rings. The van der Waals surface area contributed by atoms with Crippen molar-refractivity contribution >= 4 is 51.9 Å². The van der Waals surface area contributed by atoms with Gasteiger partial charge in [-0.1, -0.05) is 17.7 Å². The largest absolute Gasteiger partial charge is 0.865 e. The average molecular weight is 419 g/mol. The molecule has 8 nitrogen and oxygen atoms in total. The summed E-state index contributed by atoms with van der Waals surface area (Å²) < 4.78 is 4.90. The number of nitrogens with one attached hydrogen (secondary N) is 1. The van der Waals surface area contributed by atoms with E-state index in [4.69, 9.17) is 16.3 Å². The average Bonchev–Trinajstić information content (AvgIpc) is 2.99. The van der Waals surface area contributed by atoms with Gasteiger partial charge in [-0.3, -0.25) is 14.9 Å². The first-order valence-corrected chi connectivity index (χ1v) is 9.07. The monoisotopic (exact) mass is 418 g/mol. The molecule has 1 fully saturated rings. The van der Waals surface area contributed by atoms with Crippen LogP contribution in [-0.4, -0.2) is 23.1 Å². The highest BCUT2D eigenvalue weighted by Gasteiger charge is 2.24. The van der Waals surface area contributed by atoms with Gasteiger partial charge in [-0.05, 0) is 54.1 Å². The van der Waals surface area contributed by atoms with Crippen molar-refractivity contribution in [2.45, 2.75) is 6.92 Å². The number of amidine groups is 1. The van der Waals surface area contributed by atoms with Gasteiger partial charge in [-0.25, -0.2) is 4.99 Å². The second kappa shape index (κ2) is 7.91. The molecular weight excluding hydrogens is 406 g/mol. The minimum atomic E-state index is -0.822. The fourth-order valence-corrected chi connectivity index (χ4v) is 3.44. The molecule has 0 unspecified atom stereocenters. The Morgan fingerprint density at radius 3 is 2.79 bits per heavy atom. The summed E-state index contributed by atoms with van der Waals surface area (Å²) in [6.07, 6.45) is 1.43. The van der Waals surface area contributed by atoms with Crippen molar-refractivity contribution in [1.82, 2.24) is 5.32 Å². The highest BCUT2D eigenvalue weighted by atomic mass is 35.5. The third-order valence-electron chi connectivity index (χ3n) is 3.88. The SMILES string of the molecule is COc1cc(/C=C2\SC(=Nc3cccc(Cl)c3C)NC2=O)cc([N+](=O)[O-])c1[O-]. The minimum absolute atomic E-state index is 0.173. The number of rotatable bonds is 4. The van der Waals surface area contributed by atoms with Crippen molar-refractivity contribution < 1.29 is 19.6 Å². The van der Waals surface area contributed by atoms with Crippen molar-refractivity contribution in [3.05, 3.63) is 61.5 Å². The molecule has 1 amide bonds. The molecule has 0 aromatic heterocycles. The topological polar surface area (TPSA) is 117 Å². The Labute approximate surface area is 169 Å². The molecule has 3 rings (SSSR count). The Kier molecular flexibility index (Phi) is 5.57. The van der Waals surface area contributed by atoms with Crippen molar-refractivity contribution in [3.63, 3.8) is 0 Å². The number of amides is 1. The lowest BCUT2D eigenvalue weighted by molar-refractivity contribution is -0.398. The zero-order chi connectivity index (χ0) is 20.4. The van der Waals surface area contributed by atoms with Gasteiger partial charge in [0.05, 0.1) is 22.6 Å². The molecule has 0 aliphatic carbocycles. The first-order valence-electron chi connectivity index (χ1n) is 7.88. The lowest BCUT2D eigenvalue weighted by atomic mass is 10.1. The molecular formula is C18H13ClN3O5S-. The van der Waals surface area contributed by atoms with Crippen LogP contribution in [0.2, 0.25) is 5.02 Å². The lowest BCUT2D eigenvalue weighted by Crippen LogP contribution is -2.19. The van der Waals surface area contributed by atoms with Crippen LogP contribution in [0.4, 0.5) is 11.4 Å². The molecule has 1 N–H and O–H groups in total. The van der Waals surface area contributed by atoms with Crippen molar-refractivity contribution in [2.24, 2.45) is 4.99 Å². The van der Waals surface area contributed by atoms with Gasteiger partial charge in [-0.15, -0.1) is 0 Å². The molecule has 0 spiro atoms. The minimum Gasteiger partial charge on any atom is -0.865 e. The standard InChI is InChI=1S/C18H14ClN3O5S/c1-9-11(19)4-3-5-12(9)20-18-21-17(24)15(28-18)8-10-6-13(22(25)26)16(23)14(7-10)27-2/h3-8,23H,1-2H3,(H,20,21,24)/p-1/b15-8-. The maximum absolute atomic E-state index is 12.2. The quantitative estimate of drug-likeness (QED) is 0.461. The summed E-state index contributed by atoms with van der Waals surface area (Å²) in [6, 6.07) is 7.70. The third-order valence-corrected chi connectivity index (χ3v) is 5.20. The van der Waals surface area contributed by atoms with Gasteiger partial charge in [0.15, 0.2) is 5.17 Å². The highest BCUT2D eigenvalue weighted by molar-refractivity contribution is 8.18. The summed E-state index contributed by atoms with van der Waals surface area (Å²) in [5.74, 6) is -1.40. The van der Waals surface area contributed by atoms with Crippen molar-refractivity contribution in [3.8, 4) is 11.5 Å². The summed E-state index contributed by atoms with van der Waals surface area (Å²) in [5, 5.41) is 26.5. The number of carbonyl (C=O) groups excluding carboxylic acids is 1. The normalized spacial score (nSPS) is 16.5.